The van der Waals surface area contributed by atoms with Crippen LogP contribution in [0.15, 0.2) is 24.3 Å². The van der Waals surface area contributed by atoms with E-state index in [4.69, 9.17) is 9.47 Å². The summed E-state index contributed by atoms with van der Waals surface area (Å²) >= 11 is 0. The van der Waals surface area contributed by atoms with E-state index in [1.807, 2.05) is 6.92 Å². The Kier molecular flexibility index (Phi) is 3.85. The fraction of sp³-hybridized carbons (Fsp3) is 0.600. The van der Waals surface area contributed by atoms with Gasteiger partial charge in [-0.3, -0.25) is 0 Å². The van der Waals surface area contributed by atoms with Crippen molar-refractivity contribution in [3.05, 3.63) is 35.4 Å². The van der Waals surface area contributed by atoms with E-state index in [9.17, 15) is 0 Å². The van der Waals surface area contributed by atoms with Gasteiger partial charge in [0.25, 0.3) is 0 Å². The standard InChI is InChI=1S/C15H22O2/c1-4-12(2)13-6-8-14(9-7-13)15(3)16-10-5-11-17-15/h6-9,12H,4-5,10-11H2,1-3H3. The Labute approximate surface area is 104 Å². The lowest BCUT2D eigenvalue weighted by molar-refractivity contribution is -0.264. The van der Waals surface area contributed by atoms with Gasteiger partial charge in [0.15, 0.2) is 5.79 Å². The van der Waals surface area contributed by atoms with E-state index in [0.717, 1.165) is 25.2 Å². The van der Waals surface area contributed by atoms with Crippen LogP contribution in [0, 0.1) is 0 Å². The predicted octanol–water partition coefficient (Wildman–Crippen LogP) is 3.81. The monoisotopic (exact) mass is 234 g/mol. The third-order valence-corrected chi connectivity index (χ3v) is 3.66. The van der Waals surface area contributed by atoms with Crippen LogP contribution in [0.1, 0.15) is 50.7 Å². The topological polar surface area (TPSA) is 18.5 Å². The summed E-state index contributed by atoms with van der Waals surface area (Å²) in [5.41, 5.74) is 2.50. The molecule has 1 aliphatic rings. The maximum absolute atomic E-state index is 5.76. The highest BCUT2D eigenvalue weighted by Gasteiger charge is 2.30. The molecule has 1 unspecified atom stereocenters. The van der Waals surface area contributed by atoms with E-state index in [2.05, 4.69) is 38.1 Å². The van der Waals surface area contributed by atoms with Crippen molar-refractivity contribution < 1.29 is 9.47 Å². The maximum Gasteiger partial charge on any atom is 0.191 e. The first-order valence-electron chi connectivity index (χ1n) is 6.54. The van der Waals surface area contributed by atoms with Crippen molar-refractivity contribution in [1.29, 1.82) is 0 Å². The molecule has 1 saturated heterocycles. The van der Waals surface area contributed by atoms with Gasteiger partial charge < -0.3 is 9.47 Å². The Morgan fingerprint density at radius 2 is 1.76 bits per heavy atom. The quantitative estimate of drug-likeness (QED) is 0.791. The van der Waals surface area contributed by atoms with Crippen LogP contribution in [-0.4, -0.2) is 13.2 Å². The van der Waals surface area contributed by atoms with Gasteiger partial charge in [-0.15, -0.1) is 0 Å². The number of benzene rings is 1. The molecule has 2 nitrogen and oxygen atoms in total. The van der Waals surface area contributed by atoms with Crippen molar-refractivity contribution in [2.24, 2.45) is 0 Å². The van der Waals surface area contributed by atoms with Crippen molar-refractivity contribution >= 4 is 0 Å². The average molecular weight is 234 g/mol. The van der Waals surface area contributed by atoms with Gasteiger partial charge in [-0.25, -0.2) is 0 Å². The normalized spacial score (nSPS) is 21.1. The first-order valence-corrected chi connectivity index (χ1v) is 6.54. The van der Waals surface area contributed by atoms with Gasteiger partial charge in [-0.1, -0.05) is 38.1 Å². The molecule has 0 aliphatic carbocycles. The van der Waals surface area contributed by atoms with Gasteiger partial charge in [-0.05, 0) is 31.2 Å². The van der Waals surface area contributed by atoms with Crippen molar-refractivity contribution in [3.63, 3.8) is 0 Å². The Bertz CT molecular complexity index is 350. The van der Waals surface area contributed by atoms with Crippen LogP contribution in [0.4, 0.5) is 0 Å². The summed E-state index contributed by atoms with van der Waals surface area (Å²) in [5, 5.41) is 0. The van der Waals surface area contributed by atoms with Crippen LogP contribution in [0.25, 0.3) is 0 Å². The average Bonchev–Trinajstić information content (AvgIpc) is 2.39. The summed E-state index contributed by atoms with van der Waals surface area (Å²) in [6.45, 7) is 8.04. The van der Waals surface area contributed by atoms with E-state index in [0.29, 0.717) is 5.92 Å². The Hall–Kier alpha value is -0.860. The van der Waals surface area contributed by atoms with E-state index in [1.54, 1.807) is 0 Å². The molecule has 1 aromatic carbocycles. The summed E-state index contributed by atoms with van der Waals surface area (Å²) in [6.07, 6.45) is 2.16. The number of hydrogen-bond acceptors (Lipinski definition) is 2. The lowest BCUT2D eigenvalue weighted by Gasteiger charge is -2.34. The Balaban J connectivity index is 2.16. The second-order valence-electron chi connectivity index (χ2n) is 4.93. The fourth-order valence-corrected chi connectivity index (χ4v) is 2.15. The fourth-order valence-electron chi connectivity index (χ4n) is 2.15. The summed E-state index contributed by atoms with van der Waals surface area (Å²) in [6, 6.07) is 8.64. The maximum atomic E-state index is 5.76. The molecule has 0 bridgehead atoms. The van der Waals surface area contributed by atoms with Gasteiger partial charge in [0.2, 0.25) is 0 Å². The van der Waals surface area contributed by atoms with Gasteiger partial charge in [0, 0.05) is 5.56 Å². The molecule has 1 aromatic rings. The largest absolute Gasteiger partial charge is 0.346 e. The predicted molar refractivity (Wildman–Crippen MR) is 69.0 cm³/mol. The van der Waals surface area contributed by atoms with Gasteiger partial charge in [0.1, 0.15) is 0 Å². The first kappa shape index (κ1) is 12.6. The highest BCUT2D eigenvalue weighted by molar-refractivity contribution is 5.27. The molecule has 0 spiro atoms. The number of hydrogen-bond donors (Lipinski definition) is 0. The third-order valence-electron chi connectivity index (χ3n) is 3.66. The van der Waals surface area contributed by atoms with E-state index < -0.39 is 5.79 Å². The molecule has 0 saturated carbocycles. The zero-order valence-electron chi connectivity index (χ0n) is 11.0. The van der Waals surface area contributed by atoms with Gasteiger partial charge in [0.05, 0.1) is 13.2 Å². The lowest BCUT2D eigenvalue weighted by Crippen LogP contribution is -2.34. The minimum atomic E-state index is -0.549. The minimum Gasteiger partial charge on any atom is -0.346 e. The van der Waals surface area contributed by atoms with Crippen LogP contribution < -0.4 is 0 Å². The molecule has 0 N–H and O–H groups in total. The van der Waals surface area contributed by atoms with Crippen LogP contribution in [0.5, 0.6) is 0 Å². The summed E-state index contributed by atoms with van der Waals surface area (Å²) in [5.74, 6) is 0.0664. The second kappa shape index (κ2) is 5.19. The highest BCUT2D eigenvalue weighted by atomic mass is 16.7. The molecule has 1 heterocycles. The summed E-state index contributed by atoms with van der Waals surface area (Å²) in [4.78, 5) is 0. The van der Waals surface area contributed by atoms with Gasteiger partial charge >= 0.3 is 0 Å². The van der Waals surface area contributed by atoms with Crippen LogP contribution in [0.2, 0.25) is 0 Å². The van der Waals surface area contributed by atoms with Crippen molar-refractivity contribution in [2.45, 2.75) is 45.3 Å². The molecule has 0 radical (unpaired) electrons. The lowest BCUT2D eigenvalue weighted by atomic mass is 9.96. The van der Waals surface area contributed by atoms with Crippen molar-refractivity contribution in [3.8, 4) is 0 Å². The summed E-state index contributed by atoms with van der Waals surface area (Å²) in [7, 11) is 0. The van der Waals surface area contributed by atoms with Crippen molar-refractivity contribution in [2.75, 3.05) is 13.2 Å². The molecule has 94 valence electrons. The van der Waals surface area contributed by atoms with E-state index in [-0.39, 0.29) is 0 Å². The minimum absolute atomic E-state index is 0.549. The second-order valence-corrected chi connectivity index (χ2v) is 4.93. The number of ether oxygens (including phenoxy) is 2. The van der Waals surface area contributed by atoms with Crippen LogP contribution in [-0.2, 0) is 15.3 Å². The SMILES string of the molecule is CCC(C)c1ccc(C2(C)OCCCO2)cc1. The van der Waals surface area contributed by atoms with Crippen molar-refractivity contribution in [1.82, 2.24) is 0 Å². The molecule has 1 atom stereocenters. The van der Waals surface area contributed by atoms with Crippen LogP contribution >= 0.6 is 0 Å². The van der Waals surface area contributed by atoms with E-state index in [1.165, 1.54) is 12.0 Å². The summed E-state index contributed by atoms with van der Waals surface area (Å²) < 4.78 is 11.5. The first-order chi connectivity index (χ1) is 8.15. The Morgan fingerprint density at radius 3 is 2.29 bits per heavy atom. The zero-order chi connectivity index (χ0) is 12.3. The highest BCUT2D eigenvalue weighted by Crippen LogP contribution is 2.31. The molecule has 1 fully saturated rings. The molecule has 1 aliphatic heterocycles. The van der Waals surface area contributed by atoms with Crippen LogP contribution in [0.3, 0.4) is 0 Å². The van der Waals surface area contributed by atoms with E-state index >= 15 is 0 Å². The molecule has 0 aromatic heterocycles. The Morgan fingerprint density at radius 1 is 1.18 bits per heavy atom. The molecule has 17 heavy (non-hydrogen) atoms. The molecular formula is C15H22O2. The molecule has 2 heteroatoms. The zero-order valence-corrected chi connectivity index (χ0v) is 11.0. The molecule has 2 rings (SSSR count). The third kappa shape index (κ3) is 2.70. The van der Waals surface area contributed by atoms with Gasteiger partial charge in [-0.2, -0.15) is 0 Å². The molecule has 0 amide bonds. The smallest absolute Gasteiger partial charge is 0.191 e. The number of rotatable bonds is 3. The molecular weight excluding hydrogens is 212 g/mol.